The minimum atomic E-state index is 1.04. The molecule has 1 heterocycles. The Labute approximate surface area is 53.2 Å². The molecule has 9 heavy (non-hydrogen) atoms. The lowest BCUT2D eigenvalue weighted by molar-refractivity contribution is 1.25. The maximum absolute atomic E-state index is 3.75. The molecule has 0 atom stereocenters. The van der Waals surface area contributed by atoms with Crippen molar-refractivity contribution < 1.29 is 0 Å². The number of para-hydroxylation sites is 1. The molecular weight excluding hydrogens is 112 g/mol. The molecule has 2 nitrogen and oxygen atoms in total. The van der Waals surface area contributed by atoms with Crippen molar-refractivity contribution in [2.24, 2.45) is 0 Å². The molecule has 0 aromatic heterocycles. The van der Waals surface area contributed by atoms with Crippen molar-refractivity contribution in [1.29, 1.82) is 0 Å². The summed E-state index contributed by atoms with van der Waals surface area (Å²) in [5.41, 5.74) is 4.89. The van der Waals surface area contributed by atoms with E-state index >= 15 is 0 Å². The van der Waals surface area contributed by atoms with E-state index in [0.717, 1.165) is 11.3 Å². The summed E-state index contributed by atoms with van der Waals surface area (Å²) in [6, 6.07) is 7.88. The number of hydrazone groups is 1. The molecule has 1 aliphatic rings. The second-order valence-corrected chi connectivity index (χ2v) is 1.88. The van der Waals surface area contributed by atoms with Crippen LogP contribution in [0.25, 0.3) is 0 Å². The van der Waals surface area contributed by atoms with Crippen LogP contribution in [0.5, 0.6) is 0 Å². The molecule has 2 heteroatoms. The van der Waals surface area contributed by atoms with E-state index in [-0.39, 0.29) is 0 Å². The molecule has 0 saturated carbocycles. The predicted molar refractivity (Wildman–Crippen MR) is 36.3 cm³/mol. The Morgan fingerprint density at radius 3 is 3.11 bits per heavy atom. The summed E-state index contributed by atoms with van der Waals surface area (Å²) in [5, 5.41) is 3.75. The van der Waals surface area contributed by atoms with Gasteiger partial charge in [-0.25, -0.2) is 0 Å². The van der Waals surface area contributed by atoms with Gasteiger partial charge in [-0.05, 0) is 12.1 Å². The van der Waals surface area contributed by atoms with Crippen molar-refractivity contribution in [2.45, 2.75) is 0 Å². The summed E-state index contributed by atoms with van der Waals surface area (Å²) in [4.78, 5) is 0. The maximum atomic E-state index is 3.75. The average molecular weight is 117 g/mol. The summed E-state index contributed by atoms with van der Waals surface area (Å²) in [6.45, 7) is 0. The predicted octanol–water partition coefficient (Wildman–Crippen LogP) is 0.659. The summed E-state index contributed by atoms with van der Waals surface area (Å²) < 4.78 is 0. The first-order valence-corrected chi connectivity index (χ1v) is 2.77. The Hall–Kier alpha value is -1.31. The standard InChI is InChI=1S/C7H5N2/c1-2-4-7-6(3-1)5-8-9-7/h1-4,9H/q+1. The van der Waals surface area contributed by atoms with Gasteiger partial charge >= 0.3 is 6.21 Å². The van der Waals surface area contributed by atoms with Crippen LogP contribution in [0.15, 0.2) is 24.3 Å². The van der Waals surface area contributed by atoms with Gasteiger partial charge in [0.2, 0.25) is 0 Å². The number of hydrogen-bond acceptors (Lipinski definition) is 2. The third-order valence-corrected chi connectivity index (χ3v) is 1.28. The molecule has 1 aromatic carbocycles. The van der Waals surface area contributed by atoms with E-state index < -0.39 is 0 Å². The number of nitrogens with zero attached hydrogens (tertiary/aromatic N) is 1. The minimum Gasteiger partial charge on any atom is -0.0992 e. The van der Waals surface area contributed by atoms with Crippen LogP contribution >= 0.6 is 0 Å². The number of anilines is 1. The Morgan fingerprint density at radius 2 is 2.22 bits per heavy atom. The zero-order valence-corrected chi connectivity index (χ0v) is 4.76. The van der Waals surface area contributed by atoms with Crippen molar-refractivity contribution in [1.82, 2.24) is 5.10 Å². The Morgan fingerprint density at radius 1 is 1.33 bits per heavy atom. The van der Waals surface area contributed by atoms with Gasteiger partial charge in [-0.2, -0.15) is 0 Å². The minimum absolute atomic E-state index is 1.04. The van der Waals surface area contributed by atoms with Gasteiger partial charge < -0.3 is 0 Å². The first-order valence-electron chi connectivity index (χ1n) is 2.77. The highest BCUT2D eigenvalue weighted by molar-refractivity contribution is 5.90. The van der Waals surface area contributed by atoms with E-state index in [2.05, 4.69) is 16.7 Å². The average Bonchev–Trinajstić information content (AvgIpc) is 2.33. The second kappa shape index (κ2) is 1.58. The van der Waals surface area contributed by atoms with E-state index in [1.54, 1.807) is 0 Å². The second-order valence-electron chi connectivity index (χ2n) is 1.88. The zero-order valence-electron chi connectivity index (χ0n) is 4.76. The summed E-state index contributed by atoms with van der Waals surface area (Å²) >= 11 is 0. The summed E-state index contributed by atoms with van der Waals surface area (Å²) in [7, 11) is 0. The van der Waals surface area contributed by atoms with Crippen molar-refractivity contribution in [2.75, 3.05) is 5.43 Å². The number of nitrogens with one attached hydrogen (secondary N) is 1. The molecule has 0 saturated heterocycles. The van der Waals surface area contributed by atoms with Gasteiger partial charge in [-0.1, -0.05) is 17.6 Å². The Kier molecular flexibility index (Phi) is 0.803. The van der Waals surface area contributed by atoms with Gasteiger partial charge in [0.25, 0.3) is 0 Å². The van der Waals surface area contributed by atoms with Crippen molar-refractivity contribution in [3.8, 4) is 0 Å². The van der Waals surface area contributed by atoms with Gasteiger partial charge in [0.05, 0.1) is 5.56 Å². The quantitative estimate of drug-likeness (QED) is 0.530. The van der Waals surface area contributed by atoms with Crippen LogP contribution in [0.1, 0.15) is 5.56 Å². The highest BCUT2D eigenvalue weighted by Crippen LogP contribution is 2.13. The molecule has 1 aliphatic heterocycles. The lowest BCUT2D eigenvalue weighted by Crippen LogP contribution is -1.91. The van der Waals surface area contributed by atoms with Crippen molar-refractivity contribution in [3.05, 3.63) is 29.8 Å². The molecule has 0 bridgehead atoms. The molecule has 1 N–H and O–H groups in total. The third-order valence-electron chi connectivity index (χ3n) is 1.28. The van der Waals surface area contributed by atoms with Crippen LogP contribution in [0, 0.1) is 0 Å². The molecule has 0 unspecified atom stereocenters. The molecule has 42 valence electrons. The molecule has 0 aliphatic carbocycles. The maximum Gasteiger partial charge on any atom is 0.400 e. The number of hydrogen-bond donors (Lipinski definition) is 1. The highest BCUT2D eigenvalue weighted by atomic mass is 15.3. The largest absolute Gasteiger partial charge is 0.400 e. The lowest BCUT2D eigenvalue weighted by Gasteiger charge is -1.85. The van der Waals surface area contributed by atoms with Crippen LogP contribution < -0.4 is 10.5 Å². The van der Waals surface area contributed by atoms with Crippen LogP contribution in [0.3, 0.4) is 0 Å². The molecule has 2 rings (SSSR count). The lowest BCUT2D eigenvalue weighted by atomic mass is 10.2. The fourth-order valence-corrected chi connectivity index (χ4v) is 0.827. The highest BCUT2D eigenvalue weighted by Gasteiger charge is 2.14. The number of fused-ring (bicyclic) bond motifs is 1. The molecule has 0 spiro atoms. The number of rotatable bonds is 0. The van der Waals surface area contributed by atoms with Crippen LogP contribution in [0.2, 0.25) is 0 Å². The van der Waals surface area contributed by atoms with E-state index in [1.165, 1.54) is 0 Å². The first-order chi connectivity index (χ1) is 4.47. The smallest absolute Gasteiger partial charge is 0.0992 e. The molecule has 2 radical (unpaired) electrons. The van der Waals surface area contributed by atoms with E-state index in [4.69, 9.17) is 0 Å². The molecule has 0 amide bonds. The van der Waals surface area contributed by atoms with E-state index in [1.807, 2.05) is 24.3 Å². The third kappa shape index (κ3) is 0.598. The van der Waals surface area contributed by atoms with Crippen LogP contribution in [0.4, 0.5) is 5.69 Å². The van der Waals surface area contributed by atoms with Crippen LogP contribution in [-0.2, 0) is 0 Å². The van der Waals surface area contributed by atoms with Crippen molar-refractivity contribution >= 4 is 11.9 Å². The SMILES string of the molecule is [C]1=[N+]Nc2ccccc21. The van der Waals surface area contributed by atoms with E-state index in [0.29, 0.717) is 0 Å². The normalized spacial score (nSPS) is 12.9. The monoisotopic (exact) mass is 117 g/mol. The Bertz CT molecular complexity index is 253. The van der Waals surface area contributed by atoms with Gasteiger partial charge in [0.1, 0.15) is 5.69 Å². The fourth-order valence-electron chi connectivity index (χ4n) is 0.827. The molecular formula is C7H5N2+. The van der Waals surface area contributed by atoms with Crippen molar-refractivity contribution in [3.63, 3.8) is 0 Å². The Balaban J connectivity index is 2.63. The van der Waals surface area contributed by atoms with Gasteiger partial charge in [-0.3, -0.25) is 0 Å². The molecule has 0 fully saturated rings. The zero-order chi connectivity index (χ0) is 6.10. The first kappa shape index (κ1) is 4.56. The van der Waals surface area contributed by atoms with Gasteiger partial charge in [-0.15, -0.1) is 0 Å². The molecule has 1 aromatic rings. The van der Waals surface area contributed by atoms with E-state index in [9.17, 15) is 0 Å². The topological polar surface area (TPSA) is 26.1 Å². The van der Waals surface area contributed by atoms with Crippen LogP contribution in [-0.4, -0.2) is 6.21 Å². The summed E-state index contributed by atoms with van der Waals surface area (Å²) in [6.07, 6.45) is 2.81. The summed E-state index contributed by atoms with van der Waals surface area (Å²) in [5.74, 6) is 0. The van der Waals surface area contributed by atoms with Gasteiger partial charge in [0, 0.05) is 0 Å². The number of benzene rings is 1. The van der Waals surface area contributed by atoms with Gasteiger partial charge in [0.15, 0.2) is 5.10 Å². The fraction of sp³-hybridized carbons (Fsp3) is 0.